The number of thiophene rings is 1. The zero-order valence-electron chi connectivity index (χ0n) is 19.9. The molecule has 37 heavy (non-hydrogen) atoms. The van der Waals surface area contributed by atoms with Crippen LogP contribution in [-0.2, 0) is 0 Å². The van der Waals surface area contributed by atoms with Crippen molar-refractivity contribution in [2.45, 2.75) is 25.8 Å². The maximum Gasteiger partial charge on any atom is 0.331 e. The van der Waals surface area contributed by atoms with Crippen LogP contribution in [0.4, 0.5) is 30.6 Å². The molecule has 1 atom stereocenters. The predicted octanol–water partition coefficient (Wildman–Crippen LogP) is 5.72. The Bertz CT molecular complexity index is 1560. The van der Waals surface area contributed by atoms with Gasteiger partial charge in [0.1, 0.15) is 9.71 Å². The summed E-state index contributed by atoms with van der Waals surface area (Å²) in [6, 6.07) is 10.4. The Kier molecular flexibility index (Phi) is 5.85. The second kappa shape index (κ2) is 9.20. The molecule has 3 amide bonds. The van der Waals surface area contributed by atoms with Crippen molar-refractivity contribution in [3.63, 3.8) is 0 Å². The molecule has 2 aliphatic rings. The van der Waals surface area contributed by atoms with E-state index < -0.39 is 17.7 Å². The normalized spacial score (nSPS) is 17.1. The number of rotatable bonds is 4. The maximum absolute atomic E-state index is 14.5. The third kappa shape index (κ3) is 4.02. The van der Waals surface area contributed by atoms with Gasteiger partial charge < -0.3 is 16.0 Å². The number of pyridine rings is 1. The molecule has 0 spiro atoms. The Morgan fingerprint density at radius 3 is 2.86 bits per heavy atom. The van der Waals surface area contributed by atoms with Crippen LogP contribution in [-0.4, -0.2) is 36.1 Å². The number of nitrogens with one attached hydrogen (secondary N) is 3. The highest BCUT2D eigenvalue weighted by molar-refractivity contribution is 7.21. The number of halogens is 2. The molecule has 1 fully saturated rings. The molecule has 0 aliphatic carbocycles. The first-order valence-corrected chi connectivity index (χ1v) is 12.8. The number of piperidine rings is 1. The Morgan fingerprint density at radius 1 is 1.19 bits per heavy atom. The molecule has 1 unspecified atom stereocenters. The molecule has 0 bridgehead atoms. The summed E-state index contributed by atoms with van der Waals surface area (Å²) in [5.41, 5.74) is 2.83. The predicted molar refractivity (Wildman–Crippen MR) is 141 cm³/mol. The van der Waals surface area contributed by atoms with Crippen molar-refractivity contribution in [3.05, 3.63) is 70.7 Å². The molecule has 10 heteroatoms. The number of aryl methyl sites for hydroxylation is 1. The molecule has 3 N–H and O–H groups in total. The highest BCUT2D eigenvalue weighted by Crippen LogP contribution is 2.46. The summed E-state index contributed by atoms with van der Waals surface area (Å²) in [6.45, 7) is 3.48. The Labute approximate surface area is 215 Å². The van der Waals surface area contributed by atoms with Gasteiger partial charge in [0.05, 0.1) is 22.4 Å². The highest BCUT2D eigenvalue weighted by atomic mass is 32.1. The molecular weight excluding hydrogens is 496 g/mol. The fourth-order valence-corrected chi connectivity index (χ4v) is 5.98. The lowest BCUT2D eigenvalue weighted by atomic mass is 10.0. The maximum atomic E-state index is 14.5. The monoisotopic (exact) mass is 519 g/mol. The lowest BCUT2D eigenvalue weighted by molar-refractivity contribution is 0.0935. The van der Waals surface area contributed by atoms with Crippen LogP contribution < -0.4 is 20.9 Å². The van der Waals surface area contributed by atoms with E-state index in [0.717, 1.165) is 31.0 Å². The molecule has 188 valence electrons. The third-order valence-corrected chi connectivity index (χ3v) is 7.89. The first kappa shape index (κ1) is 23.5. The van der Waals surface area contributed by atoms with Crippen LogP contribution in [0.25, 0.3) is 21.3 Å². The van der Waals surface area contributed by atoms with Crippen molar-refractivity contribution in [2.24, 2.45) is 0 Å². The minimum atomic E-state index is -0.948. The molecule has 6 rings (SSSR count). The van der Waals surface area contributed by atoms with Crippen LogP contribution in [0, 0.1) is 18.6 Å². The van der Waals surface area contributed by atoms with E-state index in [0.29, 0.717) is 44.3 Å². The number of amides is 3. The summed E-state index contributed by atoms with van der Waals surface area (Å²) >= 11 is 1.23. The van der Waals surface area contributed by atoms with Gasteiger partial charge in [0, 0.05) is 24.3 Å². The third-order valence-electron chi connectivity index (χ3n) is 6.80. The van der Waals surface area contributed by atoms with Crippen molar-refractivity contribution in [1.82, 2.24) is 15.6 Å². The SMILES string of the molecule is Cc1ccc(-c2cccc(F)c2F)cc1N1C(=O)Nc2c(C(=O)NC3CCCNC3)sc3nccc1c23. The molecule has 0 radical (unpaired) electrons. The standard InChI is InChI=1S/C27H23F2N5O2S/c1-14-7-8-15(17-5-2-6-18(28)22(17)29)12-20(14)34-19-9-11-31-26-21(19)23(33-27(34)36)24(37-26)25(35)32-16-4-3-10-30-13-16/h2,5-9,11-12,16,30H,3-4,10,13H2,1H3,(H,32,35)(H,33,36). The summed E-state index contributed by atoms with van der Waals surface area (Å²) in [5.74, 6) is -2.13. The van der Waals surface area contributed by atoms with E-state index >= 15 is 0 Å². The first-order chi connectivity index (χ1) is 17.9. The molecule has 4 heterocycles. The van der Waals surface area contributed by atoms with E-state index in [-0.39, 0.29) is 17.5 Å². The average molecular weight is 520 g/mol. The van der Waals surface area contributed by atoms with Gasteiger partial charge in [-0.1, -0.05) is 24.3 Å². The fraction of sp³-hybridized carbons (Fsp3) is 0.222. The summed E-state index contributed by atoms with van der Waals surface area (Å²) in [6.07, 6.45) is 3.48. The highest BCUT2D eigenvalue weighted by Gasteiger charge is 2.34. The topological polar surface area (TPSA) is 86.4 Å². The second-order valence-corrected chi connectivity index (χ2v) is 10.2. The van der Waals surface area contributed by atoms with Gasteiger partial charge in [-0.15, -0.1) is 11.3 Å². The molecule has 0 saturated carbocycles. The van der Waals surface area contributed by atoms with Crippen LogP contribution in [0.5, 0.6) is 0 Å². The molecule has 2 aliphatic heterocycles. The molecule has 1 saturated heterocycles. The van der Waals surface area contributed by atoms with Gasteiger partial charge in [-0.05, 0) is 55.6 Å². The van der Waals surface area contributed by atoms with Crippen LogP contribution >= 0.6 is 11.3 Å². The summed E-state index contributed by atoms with van der Waals surface area (Å²) < 4.78 is 28.5. The van der Waals surface area contributed by atoms with Crippen LogP contribution in [0.3, 0.4) is 0 Å². The molecular formula is C27H23F2N5O2S. The van der Waals surface area contributed by atoms with Crippen molar-refractivity contribution < 1.29 is 18.4 Å². The van der Waals surface area contributed by atoms with E-state index in [9.17, 15) is 18.4 Å². The summed E-state index contributed by atoms with van der Waals surface area (Å²) in [7, 11) is 0. The van der Waals surface area contributed by atoms with Crippen molar-refractivity contribution in [2.75, 3.05) is 23.3 Å². The van der Waals surface area contributed by atoms with Gasteiger partial charge in [0.15, 0.2) is 11.6 Å². The number of nitrogens with zero attached hydrogens (tertiary/aromatic N) is 2. The number of aromatic nitrogens is 1. The van der Waals surface area contributed by atoms with Crippen LogP contribution in [0.2, 0.25) is 0 Å². The number of carbonyl (C=O) groups is 2. The van der Waals surface area contributed by atoms with E-state index in [4.69, 9.17) is 0 Å². The Hall–Kier alpha value is -3.89. The average Bonchev–Trinajstić information content (AvgIpc) is 3.27. The second-order valence-electron chi connectivity index (χ2n) is 9.20. The van der Waals surface area contributed by atoms with E-state index in [1.807, 2.05) is 6.92 Å². The molecule has 4 aromatic rings. The van der Waals surface area contributed by atoms with Crippen molar-refractivity contribution in [1.29, 1.82) is 0 Å². The van der Waals surface area contributed by atoms with Gasteiger partial charge >= 0.3 is 6.03 Å². The summed E-state index contributed by atoms with van der Waals surface area (Å²) in [4.78, 5) is 33.7. The quantitative estimate of drug-likeness (QED) is 0.322. The van der Waals surface area contributed by atoms with Gasteiger partial charge in [-0.2, -0.15) is 0 Å². The fourth-order valence-electron chi connectivity index (χ4n) is 4.95. The lowest BCUT2D eigenvalue weighted by Gasteiger charge is -2.30. The van der Waals surface area contributed by atoms with Gasteiger partial charge in [0.25, 0.3) is 5.91 Å². The number of urea groups is 1. The van der Waals surface area contributed by atoms with Gasteiger partial charge in [-0.25, -0.2) is 18.6 Å². The minimum Gasteiger partial charge on any atom is -0.347 e. The lowest BCUT2D eigenvalue weighted by Crippen LogP contribution is -2.45. The number of hydrogen-bond acceptors (Lipinski definition) is 5. The Balaban J connectivity index is 1.43. The smallest absolute Gasteiger partial charge is 0.331 e. The minimum absolute atomic E-state index is 0.0236. The van der Waals surface area contributed by atoms with E-state index in [1.165, 1.54) is 28.4 Å². The van der Waals surface area contributed by atoms with Crippen LogP contribution in [0.1, 0.15) is 28.1 Å². The van der Waals surface area contributed by atoms with Gasteiger partial charge in [-0.3, -0.25) is 9.69 Å². The Morgan fingerprint density at radius 2 is 2.05 bits per heavy atom. The zero-order valence-corrected chi connectivity index (χ0v) is 20.7. The summed E-state index contributed by atoms with van der Waals surface area (Å²) in [5, 5.41) is 9.91. The van der Waals surface area contributed by atoms with Crippen molar-refractivity contribution >= 4 is 50.6 Å². The van der Waals surface area contributed by atoms with E-state index in [1.54, 1.807) is 30.5 Å². The van der Waals surface area contributed by atoms with Gasteiger partial charge in [0.2, 0.25) is 0 Å². The van der Waals surface area contributed by atoms with Crippen LogP contribution in [0.15, 0.2) is 48.7 Å². The number of carbonyl (C=O) groups excluding carboxylic acids is 2. The van der Waals surface area contributed by atoms with E-state index in [2.05, 4.69) is 20.9 Å². The first-order valence-electron chi connectivity index (χ1n) is 12.0. The molecule has 2 aromatic carbocycles. The molecule has 2 aromatic heterocycles. The largest absolute Gasteiger partial charge is 0.347 e. The number of hydrogen-bond donors (Lipinski definition) is 3. The zero-order chi connectivity index (χ0) is 25.7. The molecule has 7 nitrogen and oxygen atoms in total. The number of anilines is 3. The number of benzene rings is 2. The van der Waals surface area contributed by atoms with Crippen molar-refractivity contribution in [3.8, 4) is 11.1 Å².